The van der Waals surface area contributed by atoms with Crippen LogP contribution in [0.5, 0.6) is 5.75 Å². The van der Waals surface area contributed by atoms with E-state index in [9.17, 15) is 0 Å². The first kappa shape index (κ1) is 16.7. The lowest BCUT2D eigenvalue weighted by Crippen LogP contribution is -2.53. The molecule has 0 aliphatic carbocycles. The third-order valence-electron chi connectivity index (χ3n) is 4.15. The van der Waals surface area contributed by atoms with Crippen LogP contribution in [0.3, 0.4) is 0 Å². The number of likely N-dealkylation sites (N-methyl/N-ethyl adjacent to an activating group) is 1. The summed E-state index contributed by atoms with van der Waals surface area (Å²) in [7, 11) is 3.99. The van der Waals surface area contributed by atoms with Crippen LogP contribution in [-0.2, 0) is 6.42 Å². The molecule has 3 nitrogen and oxygen atoms in total. The van der Waals surface area contributed by atoms with Gasteiger partial charge in [-0.1, -0.05) is 19.1 Å². The molecule has 0 amide bonds. The van der Waals surface area contributed by atoms with Crippen LogP contribution in [-0.4, -0.2) is 55.7 Å². The molecule has 0 spiro atoms. The van der Waals surface area contributed by atoms with Gasteiger partial charge in [0, 0.05) is 30.1 Å². The maximum absolute atomic E-state index is 5.35. The summed E-state index contributed by atoms with van der Waals surface area (Å²) in [6.07, 6.45) is 2.24. The number of hydrogen-bond donors (Lipinski definition) is 1. The van der Waals surface area contributed by atoms with E-state index in [4.69, 9.17) is 4.74 Å². The second kappa shape index (κ2) is 8.66. The fraction of sp³-hybridized carbons (Fsp3) is 0.647. The van der Waals surface area contributed by atoms with Crippen molar-refractivity contribution in [2.75, 3.05) is 38.8 Å². The molecule has 21 heavy (non-hydrogen) atoms. The number of hydrogen-bond acceptors (Lipinski definition) is 4. The summed E-state index contributed by atoms with van der Waals surface area (Å²) in [6.45, 7) is 4.51. The van der Waals surface area contributed by atoms with E-state index in [1.807, 2.05) is 6.07 Å². The molecule has 2 atom stereocenters. The average Bonchev–Trinajstić information content (AvgIpc) is 2.52. The summed E-state index contributed by atoms with van der Waals surface area (Å²) in [4.78, 5) is 2.52. The molecule has 0 bridgehead atoms. The van der Waals surface area contributed by atoms with Crippen molar-refractivity contribution in [1.82, 2.24) is 10.2 Å². The number of thioether (sulfide) groups is 1. The van der Waals surface area contributed by atoms with Crippen molar-refractivity contribution in [3.8, 4) is 5.75 Å². The summed E-state index contributed by atoms with van der Waals surface area (Å²) in [5, 5.41) is 3.76. The first-order valence-corrected chi connectivity index (χ1v) is 9.04. The van der Waals surface area contributed by atoms with Gasteiger partial charge in [-0.15, -0.1) is 0 Å². The highest BCUT2D eigenvalue weighted by Crippen LogP contribution is 2.21. The van der Waals surface area contributed by atoms with Crippen LogP contribution >= 0.6 is 11.8 Å². The Morgan fingerprint density at radius 1 is 1.48 bits per heavy atom. The third-order valence-corrected chi connectivity index (χ3v) is 5.20. The van der Waals surface area contributed by atoms with Gasteiger partial charge in [0.25, 0.3) is 0 Å². The van der Waals surface area contributed by atoms with Crippen molar-refractivity contribution in [2.45, 2.75) is 31.8 Å². The Morgan fingerprint density at radius 2 is 2.33 bits per heavy atom. The van der Waals surface area contributed by atoms with Crippen molar-refractivity contribution in [1.29, 1.82) is 0 Å². The molecule has 2 rings (SSSR count). The van der Waals surface area contributed by atoms with Crippen LogP contribution in [0.4, 0.5) is 0 Å². The van der Waals surface area contributed by atoms with Crippen molar-refractivity contribution < 1.29 is 4.74 Å². The minimum Gasteiger partial charge on any atom is -0.497 e. The van der Waals surface area contributed by atoms with E-state index < -0.39 is 0 Å². The van der Waals surface area contributed by atoms with Gasteiger partial charge in [-0.25, -0.2) is 0 Å². The Labute approximate surface area is 133 Å². The zero-order valence-electron chi connectivity index (χ0n) is 13.5. The van der Waals surface area contributed by atoms with Crippen LogP contribution in [0.2, 0.25) is 0 Å². The average molecular weight is 308 g/mol. The molecule has 118 valence electrons. The monoisotopic (exact) mass is 308 g/mol. The molecule has 0 aromatic heterocycles. The van der Waals surface area contributed by atoms with E-state index in [1.165, 1.54) is 30.0 Å². The third kappa shape index (κ3) is 4.90. The normalized spacial score (nSPS) is 21.2. The Balaban J connectivity index is 2.07. The molecule has 1 aromatic carbocycles. The molecule has 0 radical (unpaired) electrons. The topological polar surface area (TPSA) is 24.5 Å². The lowest BCUT2D eigenvalue weighted by molar-refractivity contribution is 0.213. The molecule has 1 saturated heterocycles. The van der Waals surface area contributed by atoms with Crippen molar-refractivity contribution in [3.63, 3.8) is 0 Å². The van der Waals surface area contributed by atoms with Crippen molar-refractivity contribution in [2.24, 2.45) is 0 Å². The number of benzene rings is 1. The number of methoxy groups -OCH3 is 1. The number of rotatable bonds is 7. The summed E-state index contributed by atoms with van der Waals surface area (Å²) < 4.78 is 5.35. The van der Waals surface area contributed by atoms with Gasteiger partial charge >= 0.3 is 0 Å². The molecule has 1 aliphatic heterocycles. The van der Waals surface area contributed by atoms with Gasteiger partial charge in [0.2, 0.25) is 0 Å². The molecular formula is C17H28N2OS. The first-order chi connectivity index (χ1) is 10.2. The second-order valence-corrected chi connectivity index (χ2v) is 6.89. The van der Waals surface area contributed by atoms with Crippen LogP contribution in [0, 0.1) is 0 Å². The Kier molecular flexibility index (Phi) is 6.87. The highest BCUT2D eigenvalue weighted by molar-refractivity contribution is 7.99. The fourth-order valence-corrected chi connectivity index (χ4v) is 4.17. The van der Waals surface area contributed by atoms with E-state index in [0.717, 1.165) is 18.7 Å². The smallest absolute Gasteiger partial charge is 0.119 e. The van der Waals surface area contributed by atoms with Gasteiger partial charge in [0.15, 0.2) is 0 Å². The van der Waals surface area contributed by atoms with E-state index in [1.54, 1.807) is 7.11 Å². The van der Waals surface area contributed by atoms with Gasteiger partial charge in [-0.2, -0.15) is 11.8 Å². The standard InChI is InChI=1S/C17H28N2OS/c1-4-8-18-16(17-13-21-10-9-19(17)2)12-14-6-5-7-15(11-14)20-3/h5-7,11,16-18H,4,8-10,12-13H2,1-3H3. The molecule has 1 N–H and O–H groups in total. The van der Waals surface area contributed by atoms with Gasteiger partial charge in [0.1, 0.15) is 5.75 Å². The second-order valence-electron chi connectivity index (χ2n) is 5.74. The summed E-state index contributed by atoms with van der Waals surface area (Å²) in [5.74, 6) is 3.43. The minimum absolute atomic E-state index is 0.509. The maximum atomic E-state index is 5.35. The predicted octanol–water partition coefficient (Wildman–Crippen LogP) is 2.65. The molecule has 2 unspecified atom stereocenters. The van der Waals surface area contributed by atoms with Gasteiger partial charge in [0.05, 0.1) is 7.11 Å². The highest BCUT2D eigenvalue weighted by atomic mass is 32.2. The summed E-state index contributed by atoms with van der Waals surface area (Å²) >= 11 is 2.08. The largest absolute Gasteiger partial charge is 0.497 e. The van der Waals surface area contributed by atoms with E-state index >= 15 is 0 Å². The van der Waals surface area contributed by atoms with Crippen LogP contribution < -0.4 is 10.1 Å². The van der Waals surface area contributed by atoms with Crippen molar-refractivity contribution in [3.05, 3.63) is 29.8 Å². The van der Waals surface area contributed by atoms with Crippen LogP contribution in [0.25, 0.3) is 0 Å². The number of nitrogens with zero attached hydrogens (tertiary/aromatic N) is 1. The molecular weight excluding hydrogens is 280 g/mol. The fourth-order valence-electron chi connectivity index (χ4n) is 2.86. The van der Waals surface area contributed by atoms with Crippen LogP contribution in [0.15, 0.2) is 24.3 Å². The van der Waals surface area contributed by atoms with Gasteiger partial charge in [-0.05, 0) is 44.1 Å². The molecule has 1 aliphatic rings. The Morgan fingerprint density at radius 3 is 3.05 bits per heavy atom. The molecule has 4 heteroatoms. The van der Waals surface area contributed by atoms with E-state index in [2.05, 4.69) is 54.1 Å². The maximum Gasteiger partial charge on any atom is 0.119 e. The zero-order valence-corrected chi connectivity index (χ0v) is 14.3. The molecule has 1 heterocycles. The van der Waals surface area contributed by atoms with Gasteiger partial charge < -0.3 is 15.0 Å². The highest BCUT2D eigenvalue weighted by Gasteiger charge is 2.27. The Hall–Kier alpha value is -0.710. The lowest BCUT2D eigenvalue weighted by atomic mass is 9.98. The van der Waals surface area contributed by atoms with E-state index in [-0.39, 0.29) is 0 Å². The van der Waals surface area contributed by atoms with Crippen LogP contribution in [0.1, 0.15) is 18.9 Å². The molecule has 0 saturated carbocycles. The minimum atomic E-state index is 0.509. The van der Waals surface area contributed by atoms with E-state index in [0.29, 0.717) is 12.1 Å². The quantitative estimate of drug-likeness (QED) is 0.837. The lowest BCUT2D eigenvalue weighted by Gasteiger charge is -2.38. The van der Waals surface area contributed by atoms with Crippen molar-refractivity contribution >= 4 is 11.8 Å². The number of ether oxygens (including phenoxy) is 1. The molecule has 1 aromatic rings. The zero-order chi connectivity index (χ0) is 15.1. The first-order valence-electron chi connectivity index (χ1n) is 7.89. The molecule has 1 fully saturated rings. The Bertz CT molecular complexity index is 427. The SMILES string of the molecule is CCCNC(Cc1cccc(OC)c1)C1CSCCN1C. The summed E-state index contributed by atoms with van der Waals surface area (Å²) in [5.41, 5.74) is 1.35. The summed E-state index contributed by atoms with van der Waals surface area (Å²) in [6, 6.07) is 9.59. The van der Waals surface area contributed by atoms with Gasteiger partial charge in [-0.3, -0.25) is 0 Å². The number of nitrogens with one attached hydrogen (secondary N) is 1. The predicted molar refractivity (Wildman–Crippen MR) is 92.5 cm³/mol.